The molecule has 1 N–H and O–H groups in total. The molecule has 1 aliphatic rings. The van der Waals surface area contributed by atoms with E-state index in [1.54, 1.807) is 12.0 Å². The minimum Gasteiger partial charge on any atom is -0.497 e. The third-order valence-corrected chi connectivity index (χ3v) is 5.94. The first-order chi connectivity index (χ1) is 16.0. The van der Waals surface area contributed by atoms with E-state index in [0.717, 1.165) is 33.9 Å². The van der Waals surface area contributed by atoms with E-state index in [1.165, 1.54) is 0 Å². The molecule has 0 radical (unpaired) electrons. The van der Waals surface area contributed by atoms with Gasteiger partial charge in [-0.3, -0.25) is 9.59 Å². The van der Waals surface area contributed by atoms with Crippen LogP contribution in [0.4, 0.5) is 11.4 Å². The summed E-state index contributed by atoms with van der Waals surface area (Å²) in [4.78, 5) is 31.6. The number of benzene rings is 2. The molecule has 0 aliphatic carbocycles. The average molecular weight is 441 g/mol. The first-order valence-electron chi connectivity index (χ1n) is 10.8. The Labute approximate surface area is 191 Å². The Morgan fingerprint density at radius 2 is 1.85 bits per heavy atom. The summed E-state index contributed by atoms with van der Waals surface area (Å²) in [7, 11) is 1.60. The molecule has 7 nitrogen and oxygen atoms in total. The molecule has 166 valence electrons. The molecular weight excluding hydrogens is 416 g/mol. The number of pyridine rings is 1. The number of anilines is 2. The van der Waals surface area contributed by atoms with Crippen LogP contribution in [-0.2, 0) is 9.59 Å². The summed E-state index contributed by atoms with van der Waals surface area (Å²) in [5.41, 5.74) is 5.36. The van der Waals surface area contributed by atoms with Gasteiger partial charge in [0, 0.05) is 42.3 Å². The number of nitrogens with one attached hydrogen (secondary N) is 1. The molecule has 4 aromatic rings. The van der Waals surface area contributed by atoms with Crippen LogP contribution in [0.3, 0.4) is 0 Å². The lowest BCUT2D eigenvalue weighted by molar-refractivity contribution is -0.122. The van der Waals surface area contributed by atoms with Crippen molar-refractivity contribution in [3.8, 4) is 17.0 Å². The van der Waals surface area contributed by atoms with E-state index in [2.05, 4.69) is 10.3 Å². The summed E-state index contributed by atoms with van der Waals surface area (Å²) in [5.74, 6) is 0.107. The largest absolute Gasteiger partial charge is 0.497 e. The number of hydrogen-bond donors (Lipinski definition) is 1. The van der Waals surface area contributed by atoms with E-state index in [0.29, 0.717) is 12.2 Å². The molecule has 7 heteroatoms. The van der Waals surface area contributed by atoms with Crippen LogP contribution >= 0.6 is 0 Å². The fourth-order valence-electron chi connectivity index (χ4n) is 4.09. The summed E-state index contributed by atoms with van der Waals surface area (Å²) in [6, 6.07) is 19.0. The predicted molar refractivity (Wildman–Crippen MR) is 127 cm³/mol. The molecule has 2 aromatic heterocycles. The van der Waals surface area contributed by atoms with E-state index in [4.69, 9.17) is 4.74 Å². The number of aromatic nitrogens is 2. The number of fused-ring (bicyclic) bond motifs is 1. The standard InChI is InChI=1S/C26H24N4O3/c1-17-11-12-29-16-23(28-24(29)13-17)18-3-5-20(6-4-18)27-26(32)19-14-25(31)30(15-19)21-7-9-22(33-2)10-8-21/h3-13,16,19H,14-15H2,1-2H3,(H,27,32)/t19-/m0/s1. The van der Waals surface area contributed by atoms with Crippen molar-refractivity contribution in [1.82, 2.24) is 9.38 Å². The molecule has 5 rings (SSSR count). The Morgan fingerprint density at radius 1 is 1.09 bits per heavy atom. The van der Waals surface area contributed by atoms with E-state index in [1.807, 2.05) is 84.4 Å². The van der Waals surface area contributed by atoms with E-state index in [-0.39, 0.29) is 18.2 Å². The zero-order valence-electron chi connectivity index (χ0n) is 18.5. The number of aryl methyl sites for hydroxylation is 1. The zero-order valence-corrected chi connectivity index (χ0v) is 18.5. The fraction of sp³-hybridized carbons (Fsp3) is 0.192. The molecule has 0 spiro atoms. The van der Waals surface area contributed by atoms with Crippen LogP contribution in [0.25, 0.3) is 16.9 Å². The Bertz CT molecular complexity index is 1330. The second kappa shape index (κ2) is 8.43. The lowest BCUT2D eigenvalue weighted by Gasteiger charge is -2.17. The summed E-state index contributed by atoms with van der Waals surface area (Å²) < 4.78 is 7.16. The number of hydrogen-bond acceptors (Lipinski definition) is 4. The Hall–Kier alpha value is -4.13. The zero-order chi connectivity index (χ0) is 22.9. The summed E-state index contributed by atoms with van der Waals surface area (Å²) in [6.07, 6.45) is 4.17. The monoisotopic (exact) mass is 440 g/mol. The normalized spacial score (nSPS) is 15.8. The molecule has 0 saturated carbocycles. The van der Waals surface area contributed by atoms with Gasteiger partial charge >= 0.3 is 0 Å². The molecule has 2 aromatic carbocycles. The number of carbonyl (C=O) groups excluding carboxylic acids is 2. The molecular formula is C26H24N4O3. The highest BCUT2D eigenvalue weighted by Crippen LogP contribution is 2.28. The Morgan fingerprint density at radius 3 is 2.58 bits per heavy atom. The molecule has 1 saturated heterocycles. The van der Waals surface area contributed by atoms with Crippen molar-refractivity contribution < 1.29 is 14.3 Å². The van der Waals surface area contributed by atoms with E-state index in [9.17, 15) is 9.59 Å². The van der Waals surface area contributed by atoms with Crippen LogP contribution in [-0.4, -0.2) is 34.9 Å². The average Bonchev–Trinajstić information content (AvgIpc) is 3.43. The maximum atomic E-state index is 12.8. The van der Waals surface area contributed by atoms with Gasteiger partial charge in [0.15, 0.2) is 0 Å². The maximum absolute atomic E-state index is 12.8. The lowest BCUT2D eigenvalue weighted by Crippen LogP contribution is -2.28. The van der Waals surface area contributed by atoms with Crippen molar-refractivity contribution in [1.29, 1.82) is 0 Å². The van der Waals surface area contributed by atoms with Crippen LogP contribution < -0.4 is 15.0 Å². The minimum absolute atomic E-state index is 0.0576. The highest BCUT2D eigenvalue weighted by molar-refractivity contribution is 6.03. The number of carbonyl (C=O) groups is 2. The molecule has 2 amide bonds. The van der Waals surface area contributed by atoms with Gasteiger partial charge in [-0.15, -0.1) is 0 Å². The second-order valence-corrected chi connectivity index (χ2v) is 8.27. The van der Waals surface area contributed by atoms with Gasteiger partial charge in [0.05, 0.1) is 18.7 Å². The Kier molecular flexibility index (Phi) is 5.30. The van der Waals surface area contributed by atoms with Crippen molar-refractivity contribution in [2.75, 3.05) is 23.9 Å². The van der Waals surface area contributed by atoms with Gasteiger partial charge < -0.3 is 19.4 Å². The lowest BCUT2D eigenvalue weighted by atomic mass is 10.1. The fourth-order valence-corrected chi connectivity index (χ4v) is 4.09. The van der Waals surface area contributed by atoms with Crippen LogP contribution in [0.5, 0.6) is 5.75 Å². The second-order valence-electron chi connectivity index (χ2n) is 8.27. The van der Waals surface area contributed by atoms with E-state index >= 15 is 0 Å². The smallest absolute Gasteiger partial charge is 0.229 e. The van der Waals surface area contributed by atoms with Crippen molar-refractivity contribution in [3.63, 3.8) is 0 Å². The molecule has 1 atom stereocenters. The van der Waals surface area contributed by atoms with Crippen LogP contribution in [0.2, 0.25) is 0 Å². The molecule has 3 heterocycles. The number of methoxy groups -OCH3 is 1. The van der Waals surface area contributed by atoms with Gasteiger partial charge in [0.1, 0.15) is 11.4 Å². The van der Waals surface area contributed by atoms with Crippen molar-refractivity contribution in [2.24, 2.45) is 5.92 Å². The van der Waals surface area contributed by atoms with Gasteiger partial charge in [-0.25, -0.2) is 4.98 Å². The molecule has 0 unspecified atom stereocenters. The highest BCUT2D eigenvalue weighted by atomic mass is 16.5. The molecule has 1 fully saturated rings. The molecule has 0 bridgehead atoms. The van der Waals surface area contributed by atoms with Gasteiger partial charge in [0.2, 0.25) is 11.8 Å². The third-order valence-electron chi connectivity index (χ3n) is 5.94. The van der Waals surface area contributed by atoms with Crippen LogP contribution in [0.15, 0.2) is 73.1 Å². The van der Waals surface area contributed by atoms with Crippen molar-refractivity contribution in [3.05, 3.63) is 78.6 Å². The number of nitrogens with zero attached hydrogens (tertiary/aromatic N) is 3. The van der Waals surface area contributed by atoms with Crippen molar-refractivity contribution >= 4 is 28.8 Å². The quantitative estimate of drug-likeness (QED) is 0.502. The minimum atomic E-state index is -0.402. The van der Waals surface area contributed by atoms with Gasteiger partial charge in [0.25, 0.3) is 0 Å². The van der Waals surface area contributed by atoms with Gasteiger partial charge in [-0.1, -0.05) is 12.1 Å². The SMILES string of the molecule is COc1ccc(N2C[C@@H](C(=O)Nc3ccc(-c4cn5ccc(C)cc5n4)cc3)CC2=O)cc1. The van der Waals surface area contributed by atoms with Crippen LogP contribution in [0.1, 0.15) is 12.0 Å². The first kappa shape index (κ1) is 20.8. The first-order valence-corrected chi connectivity index (χ1v) is 10.8. The highest BCUT2D eigenvalue weighted by Gasteiger charge is 2.35. The topological polar surface area (TPSA) is 75.9 Å². The summed E-state index contributed by atoms with van der Waals surface area (Å²) in [5, 5.41) is 2.94. The number of amides is 2. The summed E-state index contributed by atoms with van der Waals surface area (Å²) in [6.45, 7) is 2.40. The predicted octanol–water partition coefficient (Wildman–Crippen LogP) is 4.31. The van der Waals surface area contributed by atoms with Gasteiger partial charge in [-0.2, -0.15) is 0 Å². The van der Waals surface area contributed by atoms with Gasteiger partial charge in [-0.05, 0) is 61.0 Å². The number of rotatable bonds is 5. The van der Waals surface area contributed by atoms with Crippen LogP contribution in [0, 0.1) is 12.8 Å². The summed E-state index contributed by atoms with van der Waals surface area (Å²) >= 11 is 0. The molecule has 33 heavy (non-hydrogen) atoms. The van der Waals surface area contributed by atoms with Crippen molar-refractivity contribution in [2.45, 2.75) is 13.3 Å². The van der Waals surface area contributed by atoms with E-state index < -0.39 is 5.92 Å². The molecule has 1 aliphatic heterocycles. The number of ether oxygens (including phenoxy) is 1. The number of imidazole rings is 1. The maximum Gasteiger partial charge on any atom is 0.229 e. The Balaban J connectivity index is 1.25. The third kappa shape index (κ3) is 4.17.